The van der Waals surface area contributed by atoms with E-state index in [1.165, 1.54) is 0 Å². The molecule has 0 aliphatic carbocycles. The van der Waals surface area contributed by atoms with E-state index in [1.807, 2.05) is 51.1 Å². The predicted octanol–water partition coefficient (Wildman–Crippen LogP) is 3.01. The molecular formula is C17H25N3OS. The number of piperidine rings is 1. The molecule has 1 aliphatic heterocycles. The summed E-state index contributed by atoms with van der Waals surface area (Å²) >= 11 is 5.47. The van der Waals surface area contributed by atoms with Gasteiger partial charge in [0.1, 0.15) is 0 Å². The lowest BCUT2D eigenvalue weighted by Crippen LogP contribution is -2.49. The number of hydrogen-bond donors (Lipinski definition) is 2. The number of amides is 1. The minimum absolute atomic E-state index is 0.121. The lowest BCUT2D eigenvalue weighted by Gasteiger charge is -2.35. The average Bonchev–Trinajstić information content (AvgIpc) is 2.48. The molecule has 120 valence electrons. The molecule has 2 N–H and O–H groups in total. The van der Waals surface area contributed by atoms with Gasteiger partial charge in [0, 0.05) is 30.2 Å². The normalized spacial score (nSPS) is 16.2. The minimum atomic E-state index is -0.332. The second-order valence-corrected chi connectivity index (χ2v) is 7.17. The number of likely N-dealkylation sites (tertiary alicyclic amines) is 1. The maximum atomic E-state index is 12.0. The zero-order valence-corrected chi connectivity index (χ0v) is 14.4. The van der Waals surface area contributed by atoms with Crippen molar-refractivity contribution in [3.05, 3.63) is 30.3 Å². The van der Waals surface area contributed by atoms with Crippen molar-refractivity contribution >= 4 is 28.9 Å². The number of carbonyl (C=O) groups excluding carboxylic acids is 1. The number of rotatable bonds is 2. The fourth-order valence-electron chi connectivity index (χ4n) is 2.35. The van der Waals surface area contributed by atoms with Gasteiger partial charge >= 0.3 is 0 Å². The Morgan fingerprint density at radius 3 is 2.32 bits per heavy atom. The number of hydrogen-bond acceptors (Lipinski definition) is 2. The van der Waals surface area contributed by atoms with Crippen molar-refractivity contribution in [1.29, 1.82) is 0 Å². The highest BCUT2D eigenvalue weighted by Crippen LogP contribution is 2.17. The highest BCUT2D eigenvalue weighted by atomic mass is 32.1. The number of para-hydroxylation sites is 1. The van der Waals surface area contributed by atoms with E-state index in [0.29, 0.717) is 0 Å². The lowest BCUT2D eigenvalue weighted by atomic mass is 9.94. The van der Waals surface area contributed by atoms with Gasteiger partial charge in [-0.1, -0.05) is 39.0 Å². The summed E-state index contributed by atoms with van der Waals surface area (Å²) in [4.78, 5) is 14.2. The quantitative estimate of drug-likeness (QED) is 0.823. The van der Waals surface area contributed by atoms with Crippen molar-refractivity contribution in [2.45, 2.75) is 39.7 Å². The molecule has 0 aromatic heterocycles. The van der Waals surface area contributed by atoms with E-state index in [9.17, 15) is 4.79 Å². The van der Waals surface area contributed by atoms with Crippen LogP contribution in [0.4, 0.5) is 5.69 Å². The Morgan fingerprint density at radius 1 is 1.18 bits per heavy atom. The number of anilines is 1. The molecule has 5 heteroatoms. The molecule has 0 unspecified atom stereocenters. The van der Waals surface area contributed by atoms with Gasteiger partial charge in [-0.3, -0.25) is 4.79 Å². The van der Waals surface area contributed by atoms with Crippen LogP contribution in [-0.2, 0) is 4.79 Å². The van der Waals surface area contributed by atoms with Crippen molar-refractivity contribution < 1.29 is 4.79 Å². The van der Waals surface area contributed by atoms with Gasteiger partial charge in [0.05, 0.1) is 0 Å². The first-order chi connectivity index (χ1) is 10.4. The van der Waals surface area contributed by atoms with Crippen LogP contribution in [0.5, 0.6) is 0 Å². The Labute approximate surface area is 138 Å². The van der Waals surface area contributed by atoms with Crippen LogP contribution in [0.25, 0.3) is 0 Å². The zero-order chi connectivity index (χ0) is 16.2. The summed E-state index contributed by atoms with van der Waals surface area (Å²) < 4.78 is 0. The number of nitrogens with zero attached hydrogens (tertiary/aromatic N) is 1. The van der Waals surface area contributed by atoms with Crippen molar-refractivity contribution in [3.8, 4) is 0 Å². The third-order valence-electron chi connectivity index (χ3n) is 3.82. The predicted molar refractivity (Wildman–Crippen MR) is 94.9 cm³/mol. The molecule has 0 bridgehead atoms. The van der Waals surface area contributed by atoms with E-state index in [-0.39, 0.29) is 17.4 Å². The van der Waals surface area contributed by atoms with Gasteiger partial charge in [-0.05, 0) is 37.2 Å². The molecule has 1 aliphatic rings. The second kappa shape index (κ2) is 7.09. The van der Waals surface area contributed by atoms with Crippen LogP contribution >= 0.6 is 12.2 Å². The molecule has 1 aromatic carbocycles. The average molecular weight is 319 g/mol. The van der Waals surface area contributed by atoms with E-state index in [1.54, 1.807) is 0 Å². The molecular weight excluding hydrogens is 294 g/mol. The molecule has 22 heavy (non-hydrogen) atoms. The molecule has 1 amide bonds. The van der Waals surface area contributed by atoms with Crippen LogP contribution in [0.1, 0.15) is 33.6 Å². The topological polar surface area (TPSA) is 44.4 Å². The summed E-state index contributed by atoms with van der Waals surface area (Å²) in [6, 6.07) is 10.2. The standard InChI is InChI=1S/C17H25N3OS/c1-17(2,3)15(21)18-14-9-11-20(12-10-14)16(22)19-13-7-5-4-6-8-13/h4-8,14H,9-12H2,1-3H3,(H,18,21)(H,19,22). The highest BCUT2D eigenvalue weighted by molar-refractivity contribution is 7.80. The number of thiocarbonyl (C=S) groups is 1. The Kier molecular flexibility index (Phi) is 5.40. The first kappa shape index (κ1) is 16.7. The Hall–Kier alpha value is -1.62. The van der Waals surface area contributed by atoms with E-state index < -0.39 is 0 Å². The van der Waals surface area contributed by atoms with E-state index in [0.717, 1.165) is 36.7 Å². The Balaban J connectivity index is 1.79. The van der Waals surface area contributed by atoms with Crippen molar-refractivity contribution in [1.82, 2.24) is 10.2 Å². The second-order valence-electron chi connectivity index (χ2n) is 6.78. The van der Waals surface area contributed by atoms with Crippen LogP contribution in [0.2, 0.25) is 0 Å². The summed E-state index contributed by atoms with van der Waals surface area (Å²) in [5.74, 6) is 0.121. The van der Waals surface area contributed by atoms with Gasteiger partial charge in [-0.25, -0.2) is 0 Å². The largest absolute Gasteiger partial charge is 0.353 e. The van der Waals surface area contributed by atoms with Crippen molar-refractivity contribution in [3.63, 3.8) is 0 Å². The van der Waals surface area contributed by atoms with Gasteiger partial charge in [0.15, 0.2) is 5.11 Å². The fourth-order valence-corrected chi connectivity index (χ4v) is 2.65. The maximum Gasteiger partial charge on any atom is 0.225 e. The van der Waals surface area contributed by atoms with Gasteiger partial charge in [-0.2, -0.15) is 0 Å². The van der Waals surface area contributed by atoms with Crippen LogP contribution in [0.3, 0.4) is 0 Å². The first-order valence-electron chi connectivity index (χ1n) is 7.78. The first-order valence-corrected chi connectivity index (χ1v) is 8.19. The van der Waals surface area contributed by atoms with E-state index in [4.69, 9.17) is 12.2 Å². The smallest absolute Gasteiger partial charge is 0.225 e. The zero-order valence-electron chi connectivity index (χ0n) is 13.6. The molecule has 1 heterocycles. The molecule has 0 saturated carbocycles. The van der Waals surface area contributed by atoms with E-state index >= 15 is 0 Å². The molecule has 0 spiro atoms. The molecule has 1 saturated heterocycles. The number of benzene rings is 1. The molecule has 2 rings (SSSR count). The van der Waals surface area contributed by atoms with Crippen LogP contribution in [0.15, 0.2) is 30.3 Å². The SMILES string of the molecule is CC(C)(C)C(=O)NC1CCN(C(=S)Nc2ccccc2)CC1. The Bertz CT molecular complexity index is 516. The number of carbonyl (C=O) groups is 1. The van der Waals surface area contributed by atoms with Gasteiger partial charge in [0.2, 0.25) is 5.91 Å². The molecule has 4 nitrogen and oxygen atoms in total. The van der Waals surface area contributed by atoms with Crippen LogP contribution in [0, 0.1) is 5.41 Å². The summed E-state index contributed by atoms with van der Waals surface area (Å²) in [5.41, 5.74) is 0.678. The monoisotopic (exact) mass is 319 g/mol. The van der Waals surface area contributed by atoms with Gasteiger partial charge in [-0.15, -0.1) is 0 Å². The third kappa shape index (κ3) is 4.70. The lowest BCUT2D eigenvalue weighted by molar-refractivity contribution is -0.129. The summed E-state index contributed by atoms with van der Waals surface area (Å²) in [7, 11) is 0. The molecule has 0 atom stereocenters. The van der Waals surface area contributed by atoms with Gasteiger partial charge in [0.25, 0.3) is 0 Å². The van der Waals surface area contributed by atoms with Crippen LogP contribution < -0.4 is 10.6 Å². The summed E-state index contributed by atoms with van der Waals surface area (Å²) in [5, 5.41) is 7.16. The molecule has 1 fully saturated rings. The van der Waals surface area contributed by atoms with Crippen molar-refractivity contribution in [2.75, 3.05) is 18.4 Å². The van der Waals surface area contributed by atoms with Crippen molar-refractivity contribution in [2.24, 2.45) is 5.41 Å². The minimum Gasteiger partial charge on any atom is -0.353 e. The highest BCUT2D eigenvalue weighted by Gasteiger charge is 2.27. The fraction of sp³-hybridized carbons (Fsp3) is 0.529. The van der Waals surface area contributed by atoms with E-state index in [2.05, 4.69) is 15.5 Å². The maximum absolute atomic E-state index is 12.0. The Morgan fingerprint density at radius 2 is 1.77 bits per heavy atom. The van der Waals surface area contributed by atoms with Crippen LogP contribution in [-0.4, -0.2) is 35.1 Å². The number of nitrogens with one attached hydrogen (secondary N) is 2. The molecule has 0 radical (unpaired) electrons. The third-order valence-corrected chi connectivity index (χ3v) is 4.18. The molecule has 1 aromatic rings. The summed E-state index contributed by atoms with van der Waals surface area (Å²) in [6.07, 6.45) is 1.86. The summed E-state index contributed by atoms with van der Waals surface area (Å²) in [6.45, 7) is 7.56. The van der Waals surface area contributed by atoms with Gasteiger partial charge < -0.3 is 15.5 Å².